The van der Waals surface area contributed by atoms with Crippen LogP contribution in [0.2, 0.25) is 0 Å². The molecule has 1 atom stereocenters. The number of anilines is 2. The molecule has 1 aliphatic rings. The molecule has 156 valence electrons. The molecule has 1 unspecified atom stereocenters. The molecule has 1 N–H and O–H groups in total. The van der Waals surface area contributed by atoms with E-state index >= 15 is 0 Å². The lowest BCUT2D eigenvalue weighted by molar-refractivity contribution is -0.134. The molecule has 2 heterocycles. The molecule has 0 aliphatic carbocycles. The number of hydrogen-bond acceptors (Lipinski definition) is 8. The predicted molar refractivity (Wildman–Crippen MR) is 119 cm³/mol. The summed E-state index contributed by atoms with van der Waals surface area (Å²) in [5, 5.41) is 12.0. The lowest BCUT2D eigenvalue weighted by Gasteiger charge is -2.30. The van der Waals surface area contributed by atoms with E-state index in [1.54, 1.807) is 7.11 Å². The molecule has 0 spiro atoms. The largest absolute Gasteiger partial charge is 0.495 e. The summed E-state index contributed by atoms with van der Waals surface area (Å²) in [6.07, 6.45) is 0. The molecule has 1 amide bonds. The molecule has 1 aliphatic heterocycles. The summed E-state index contributed by atoms with van der Waals surface area (Å²) in [6, 6.07) is 17.4. The first kappa shape index (κ1) is 20.6. The zero-order valence-electron chi connectivity index (χ0n) is 16.5. The molecule has 1 fully saturated rings. The van der Waals surface area contributed by atoms with Crippen LogP contribution in [0.4, 0.5) is 10.8 Å². The summed E-state index contributed by atoms with van der Waals surface area (Å²) < 4.78 is 11.5. The van der Waals surface area contributed by atoms with E-state index in [4.69, 9.17) is 9.47 Å². The van der Waals surface area contributed by atoms with E-state index in [0.29, 0.717) is 31.4 Å². The number of rotatable bonds is 7. The van der Waals surface area contributed by atoms with Crippen LogP contribution in [0.25, 0.3) is 0 Å². The molecule has 4 rings (SSSR count). The monoisotopic (exact) mass is 442 g/mol. The van der Waals surface area contributed by atoms with E-state index in [9.17, 15) is 4.79 Å². The van der Waals surface area contributed by atoms with Crippen LogP contribution in [0.1, 0.15) is 10.8 Å². The number of benzene rings is 2. The minimum absolute atomic E-state index is 0.0731. The molecular formula is C21H22N4O3S2. The molecule has 30 heavy (non-hydrogen) atoms. The SMILES string of the molecule is COc1ccccc1Nc1nnc(SC(C(=O)N2CCOCC2)c2ccccc2)s1. The highest BCUT2D eigenvalue weighted by Gasteiger charge is 2.29. The molecule has 0 saturated carbocycles. The second-order valence-electron chi connectivity index (χ2n) is 6.54. The van der Waals surface area contributed by atoms with Crippen LogP contribution in [0.3, 0.4) is 0 Å². The number of morpholine rings is 1. The summed E-state index contributed by atoms with van der Waals surface area (Å²) in [7, 11) is 1.63. The van der Waals surface area contributed by atoms with Gasteiger partial charge in [0.25, 0.3) is 0 Å². The highest BCUT2D eigenvalue weighted by molar-refractivity contribution is 8.01. The van der Waals surface area contributed by atoms with Crippen molar-refractivity contribution in [1.29, 1.82) is 0 Å². The third kappa shape index (κ3) is 4.92. The van der Waals surface area contributed by atoms with Gasteiger partial charge in [-0.15, -0.1) is 10.2 Å². The number of nitrogens with one attached hydrogen (secondary N) is 1. The van der Waals surface area contributed by atoms with Gasteiger partial charge >= 0.3 is 0 Å². The highest BCUT2D eigenvalue weighted by atomic mass is 32.2. The third-order valence-corrected chi connectivity index (χ3v) is 6.79. The van der Waals surface area contributed by atoms with Crippen molar-refractivity contribution >= 4 is 39.8 Å². The van der Waals surface area contributed by atoms with E-state index < -0.39 is 0 Å². The fraction of sp³-hybridized carbons (Fsp3) is 0.286. The van der Waals surface area contributed by atoms with Crippen molar-refractivity contribution in [3.63, 3.8) is 0 Å². The van der Waals surface area contributed by atoms with Gasteiger partial charge in [-0.05, 0) is 17.7 Å². The molecule has 3 aromatic rings. The zero-order chi connectivity index (χ0) is 20.8. The maximum atomic E-state index is 13.3. The van der Waals surface area contributed by atoms with Crippen molar-refractivity contribution in [2.24, 2.45) is 0 Å². The molecule has 0 bridgehead atoms. The maximum Gasteiger partial charge on any atom is 0.240 e. The summed E-state index contributed by atoms with van der Waals surface area (Å²) in [5.74, 6) is 0.801. The molecule has 1 aromatic heterocycles. The Labute approximate surface area is 183 Å². The van der Waals surface area contributed by atoms with Gasteiger partial charge in [0.15, 0.2) is 4.34 Å². The second-order valence-corrected chi connectivity index (χ2v) is 8.87. The maximum absolute atomic E-state index is 13.3. The van der Waals surface area contributed by atoms with Crippen molar-refractivity contribution in [2.75, 3.05) is 38.7 Å². The van der Waals surface area contributed by atoms with Gasteiger partial charge < -0.3 is 19.7 Å². The fourth-order valence-electron chi connectivity index (χ4n) is 3.11. The Morgan fingerprint density at radius 2 is 1.87 bits per heavy atom. The van der Waals surface area contributed by atoms with Gasteiger partial charge in [0, 0.05) is 13.1 Å². The van der Waals surface area contributed by atoms with Gasteiger partial charge in [-0.2, -0.15) is 0 Å². The number of para-hydroxylation sites is 2. The summed E-state index contributed by atoms with van der Waals surface area (Å²) in [5.41, 5.74) is 1.77. The van der Waals surface area contributed by atoms with E-state index in [0.717, 1.165) is 21.3 Å². The third-order valence-electron chi connectivity index (χ3n) is 4.62. The standard InChI is InChI=1S/C21H22N4O3S2/c1-27-17-10-6-5-9-16(17)22-20-23-24-21(30-20)29-18(15-7-3-2-4-8-15)19(26)25-11-13-28-14-12-25/h2-10,18H,11-14H2,1H3,(H,22,23). The van der Waals surface area contributed by atoms with Gasteiger partial charge in [-0.1, -0.05) is 65.6 Å². The molecule has 2 aromatic carbocycles. The molecule has 1 saturated heterocycles. The zero-order valence-corrected chi connectivity index (χ0v) is 18.1. The molecule has 0 radical (unpaired) electrons. The van der Waals surface area contributed by atoms with Crippen LogP contribution in [0.15, 0.2) is 58.9 Å². The Kier molecular flexibility index (Phi) is 6.83. The van der Waals surface area contributed by atoms with Gasteiger partial charge in [-0.25, -0.2) is 0 Å². The van der Waals surface area contributed by atoms with Crippen molar-refractivity contribution in [3.05, 3.63) is 60.2 Å². The highest BCUT2D eigenvalue weighted by Crippen LogP contribution is 2.40. The van der Waals surface area contributed by atoms with Crippen LogP contribution >= 0.6 is 23.1 Å². The smallest absolute Gasteiger partial charge is 0.240 e. The van der Waals surface area contributed by atoms with E-state index in [-0.39, 0.29) is 11.2 Å². The topological polar surface area (TPSA) is 76.6 Å². The van der Waals surface area contributed by atoms with E-state index in [2.05, 4.69) is 15.5 Å². The number of carbonyl (C=O) groups is 1. The Bertz CT molecular complexity index is 977. The van der Waals surface area contributed by atoms with Crippen LogP contribution in [0.5, 0.6) is 5.75 Å². The minimum Gasteiger partial charge on any atom is -0.495 e. The fourth-order valence-corrected chi connectivity index (χ4v) is 5.15. The quantitative estimate of drug-likeness (QED) is 0.555. The van der Waals surface area contributed by atoms with E-state index in [1.807, 2.05) is 59.5 Å². The van der Waals surface area contributed by atoms with Crippen molar-refractivity contribution in [3.8, 4) is 5.75 Å². The first-order valence-corrected chi connectivity index (χ1v) is 11.3. The Balaban J connectivity index is 1.52. The summed E-state index contributed by atoms with van der Waals surface area (Å²) in [6.45, 7) is 2.37. The lowest BCUT2D eigenvalue weighted by atomic mass is 10.1. The average molecular weight is 443 g/mol. The van der Waals surface area contributed by atoms with Gasteiger partial charge in [0.2, 0.25) is 11.0 Å². The van der Waals surface area contributed by atoms with Crippen molar-refractivity contribution in [2.45, 2.75) is 9.59 Å². The van der Waals surface area contributed by atoms with Crippen LogP contribution in [-0.4, -0.2) is 54.4 Å². The summed E-state index contributed by atoms with van der Waals surface area (Å²) >= 11 is 2.84. The first-order chi connectivity index (χ1) is 14.7. The van der Waals surface area contributed by atoms with E-state index in [1.165, 1.54) is 23.1 Å². The second kappa shape index (κ2) is 9.92. The number of thioether (sulfide) groups is 1. The van der Waals surface area contributed by atoms with Crippen molar-refractivity contribution in [1.82, 2.24) is 15.1 Å². The predicted octanol–water partition coefficient (Wildman–Crippen LogP) is 3.98. The number of methoxy groups -OCH3 is 1. The number of ether oxygens (including phenoxy) is 2. The van der Waals surface area contributed by atoms with Gasteiger partial charge in [-0.3, -0.25) is 4.79 Å². The van der Waals surface area contributed by atoms with Gasteiger partial charge in [0.1, 0.15) is 11.0 Å². The molecule has 9 heteroatoms. The molecular weight excluding hydrogens is 420 g/mol. The average Bonchev–Trinajstić information content (AvgIpc) is 3.25. The Morgan fingerprint density at radius 3 is 2.63 bits per heavy atom. The Morgan fingerprint density at radius 1 is 1.13 bits per heavy atom. The van der Waals surface area contributed by atoms with Crippen LogP contribution in [0, 0.1) is 0 Å². The molecule has 7 nitrogen and oxygen atoms in total. The normalized spacial score (nSPS) is 14.9. The van der Waals surface area contributed by atoms with Crippen molar-refractivity contribution < 1.29 is 14.3 Å². The number of hydrogen-bond donors (Lipinski definition) is 1. The minimum atomic E-state index is -0.378. The number of aromatic nitrogens is 2. The van der Waals surface area contributed by atoms with Crippen LogP contribution in [-0.2, 0) is 9.53 Å². The lowest BCUT2D eigenvalue weighted by Crippen LogP contribution is -2.42. The number of nitrogens with zero attached hydrogens (tertiary/aromatic N) is 3. The summed E-state index contributed by atoms with van der Waals surface area (Å²) in [4.78, 5) is 15.1. The number of carbonyl (C=O) groups excluding carboxylic acids is 1. The number of amides is 1. The Hall–Kier alpha value is -2.62. The van der Waals surface area contributed by atoms with Gasteiger partial charge in [0.05, 0.1) is 26.0 Å². The first-order valence-electron chi connectivity index (χ1n) is 9.56. The van der Waals surface area contributed by atoms with Crippen LogP contribution < -0.4 is 10.1 Å².